The van der Waals surface area contributed by atoms with Gasteiger partial charge >= 0.3 is 0 Å². The van der Waals surface area contributed by atoms with Crippen LogP contribution in [0, 0.1) is 5.41 Å². The van der Waals surface area contributed by atoms with Crippen molar-refractivity contribution in [2.24, 2.45) is 11.1 Å². The maximum Gasteiger partial charge on any atom is 0.255 e. The third-order valence-corrected chi connectivity index (χ3v) is 5.33. The quantitative estimate of drug-likeness (QED) is 0.803. The van der Waals surface area contributed by atoms with Crippen molar-refractivity contribution < 1.29 is 4.79 Å². The van der Waals surface area contributed by atoms with Gasteiger partial charge in [-0.15, -0.1) is 0 Å². The number of hydrogen-bond acceptors (Lipinski definition) is 2. The lowest BCUT2D eigenvalue weighted by molar-refractivity contribution is 0.0669. The first-order valence-corrected chi connectivity index (χ1v) is 7.96. The monoisotopic (exact) mass is 374 g/mol. The molecular formula is C14H16BrClN2OS. The van der Waals surface area contributed by atoms with Gasteiger partial charge in [0.15, 0.2) is 0 Å². The Hall–Kier alpha value is -0.650. The maximum absolute atomic E-state index is 12.5. The lowest BCUT2D eigenvalue weighted by atomic mass is 9.80. The highest BCUT2D eigenvalue weighted by atomic mass is 79.9. The number of piperidine rings is 1. The summed E-state index contributed by atoms with van der Waals surface area (Å²) in [5.74, 6) is -0.00985. The molecule has 1 aromatic carbocycles. The standard InChI is InChI=1S/C14H16BrClN2OS/c1-14(13(17)20)4-6-18(7-5-14)12(19)10-8-9(16)2-3-11(10)15/h2-3,8H,4-7H2,1H3,(H2,17,20). The first kappa shape index (κ1) is 15.7. The van der Waals surface area contributed by atoms with Crippen LogP contribution in [0.1, 0.15) is 30.1 Å². The van der Waals surface area contributed by atoms with Crippen molar-refractivity contribution in [1.82, 2.24) is 4.90 Å². The minimum absolute atomic E-state index is 0.00985. The highest BCUT2D eigenvalue weighted by Crippen LogP contribution is 2.32. The van der Waals surface area contributed by atoms with E-state index in [-0.39, 0.29) is 11.3 Å². The molecule has 0 aliphatic carbocycles. The SMILES string of the molecule is CC1(C(N)=S)CCN(C(=O)c2cc(Cl)ccc2Br)CC1. The van der Waals surface area contributed by atoms with Crippen molar-refractivity contribution >= 4 is 50.6 Å². The van der Waals surface area contributed by atoms with E-state index in [0.29, 0.717) is 28.7 Å². The molecule has 6 heteroatoms. The molecule has 2 rings (SSSR count). The molecule has 1 aromatic rings. The van der Waals surface area contributed by atoms with Gasteiger partial charge in [-0.05, 0) is 47.0 Å². The van der Waals surface area contributed by atoms with E-state index in [9.17, 15) is 4.79 Å². The van der Waals surface area contributed by atoms with Gasteiger partial charge in [0.05, 0.1) is 10.6 Å². The van der Waals surface area contributed by atoms with E-state index in [0.717, 1.165) is 17.3 Å². The molecule has 0 bridgehead atoms. The van der Waals surface area contributed by atoms with E-state index >= 15 is 0 Å². The summed E-state index contributed by atoms with van der Waals surface area (Å²) >= 11 is 14.5. The third kappa shape index (κ3) is 3.15. The molecule has 0 aromatic heterocycles. The molecule has 0 atom stereocenters. The largest absolute Gasteiger partial charge is 0.393 e. The normalized spacial score (nSPS) is 17.9. The number of benzene rings is 1. The van der Waals surface area contributed by atoms with Gasteiger partial charge in [0, 0.05) is 28.0 Å². The number of carbonyl (C=O) groups is 1. The van der Waals surface area contributed by atoms with Crippen molar-refractivity contribution in [1.29, 1.82) is 0 Å². The fourth-order valence-electron chi connectivity index (χ4n) is 2.28. The number of nitrogens with two attached hydrogens (primary N) is 1. The smallest absolute Gasteiger partial charge is 0.255 e. The Kier molecular flexibility index (Phi) is 4.72. The zero-order chi connectivity index (χ0) is 14.9. The van der Waals surface area contributed by atoms with Crippen LogP contribution < -0.4 is 5.73 Å². The Balaban J connectivity index is 2.13. The van der Waals surface area contributed by atoms with Gasteiger partial charge in [0.2, 0.25) is 0 Å². The Morgan fingerprint density at radius 2 is 2.05 bits per heavy atom. The van der Waals surface area contributed by atoms with Crippen molar-refractivity contribution in [3.63, 3.8) is 0 Å². The summed E-state index contributed by atoms with van der Waals surface area (Å²) in [6.45, 7) is 3.38. The van der Waals surface area contributed by atoms with Gasteiger partial charge in [-0.2, -0.15) is 0 Å². The minimum Gasteiger partial charge on any atom is -0.393 e. The Morgan fingerprint density at radius 3 is 2.60 bits per heavy atom. The second-order valence-electron chi connectivity index (χ2n) is 5.34. The highest BCUT2D eigenvalue weighted by Gasteiger charge is 2.34. The van der Waals surface area contributed by atoms with Crippen molar-refractivity contribution in [3.05, 3.63) is 33.3 Å². The summed E-state index contributed by atoms with van der Waals surface area (Å²) in [6.07, 6.45) is 1.60. The fourth-order valence-corrected chi connectivity index (χ4v) is 3.07. The number of rotatable bonds is 2. The highest BCUT2D eigenvalue weighted by molar-refractivity contribution is 9.10. The molecule has 1 amide bonds. The summed E-state index contributed by atoms with van der Waals surface area (Å²) in [4.78, 5) is 14.9. The summed E-state index contributed by atoms with van der Waals surface area (Å²) < 4.78 is 0.759. The molecule has 2 N–H and O–H groups in total. The molecule has 1 aliphatic heterocycles. The summed E-state index contributed by atoms with van der Waals surface area (Å²) in [5, 5.41) is 0.557. The van der Waals surface area contributed by atoms with Crippen molar-refractivity contribution in [2.45, 2.75) is 19.8 Å². The summed E-state index contributed by atoms with van der Waals surface area (Å²) in [5.41, 5.74) is 6.23. The van der Waals surface area contributed by atoms with E-state index in [4.69, 9.17) is 29.6 Å². The lowest BCUT2D eigenvalue weighted by Crippen LogP contribution is -2.46. The Morgan fingerprint density at radius 1 is 1.45 bits per heavy atom. The number of halogens is 2. The summed E-state index contributed by atoms with van der Waals surface area (Å²) in [7, 11) is 0. The van der Waals surface area contributed by atoms with Crippen LogP contribution in [0.3, 0.4) is 0 Å². The molecular weight excluding hydrogens is 360 g/mol. The number of hydrogen-bond donors (Lipinski definition) is 1. The van der Waals surface area contributed by atoms with Crippen molar-refractivity contribution in [3.8, 4) is 0 Å². The average molecular weight is 376 g/mol. The molecule has 1 fully saturated rings. The van der Waals surface area contributed by atoms with Crippen molar-refractivity contribution in [2.75, 3.05) is 13.1 Å². The molecule has 20 heavy (non-hydrogen) atoms. The molecule has 3 nitrogen and oxygen atoms in total. The Bertz CT molecular complexity index is 556. The molecule has 1 aliphatic rings. The van der Waals surface area contributed by atoms with Gasteiger partial charge in [-0.1, -0.05) is 30.7 Å². The zero-order valence-electron chi connectivity index (χ0n) is 11.2. The number of likely N-dealkylation sites (tertiary alicyclic amines) is 1. The zero-order valence-corrected chi connectivity index (χ0v) is 14.3. The predicted octanol–water partition coefficient (Wildman–Crippen LogP) is 3.63. The second kappa shape index (κ2) is 6.00. The lowest BCUT2D eigenvalue weighted by Gasteiger charge is -2.38. The van der Waals surface area contributed by atoms with E-state index < -0.39 is 0 Å². The third-order valence-electron chi connectivity index (χ3n) is 3.91. The number of nitrogens with zero attached hydrogens (tertiary/aromatic N) is 1. The topological polar surface area (TPSA) is 46.3 Å². The molecule has 0 saturated carbocycles. The van der Waals surface area contributed by atoms with E-state index in [2.05, 4.69) is 22.9 Å². The number of amides is 1. The first-order valence-electron chi connectivity index (χ1n) is 6.38. The molecule has 0 unspecified atom stereocenters. The van der Waals surface area contributed by atoms with Crippen LogP contribution in [-0.2, 0) is 0 Å². The van der Waals surface area contributed by atoms with Gasteiger partial charge in [0.1, 0.15) is 0 Å². The second-order valence-corrected chi connectivity index (χ2v) is 7.07. The van der Waals surface area contributed by atoms with Gasteiger partial charge < -0.3 is 10.6 Å². The van der Waals surface area contributed by atoms with E-state index in [1.165, 1.54) is 0 Å². The average Bonchev–Trinajstić information content (AvgIpc) is 2.41. The molecule has 0 radical (unpaired) electrons. The fraction of sp³-hybridized carbons (Fsp3) is 0.429. The first-order chi connectivity index (χ1) is 9.33. The van der Waals surface area contributed by atoms with Crippen LogP contribution in [-0.4, -0.2) is 28.9 Å². The number of thiocarbonyl (C=S) groups is 1. The van der Waals surface area contributed by atoms with E-state index in [1.807, 2.05) is 4.90 Å². The molecule has 1 saturated heterocycles. The van der Waals surface area contributed by atoms with Crippen LogP contribution in [0.2, 0.25) is 5.02 Å². The van der Waals surface area contributed by atoms with Crippen LogP contribution in [0.25, 0.3) is 0 Å². The van der Waals surface area contributed by atoms with Gasteiger partial charge in [-0.25, -0.2) is 0 Å². The summed E-state index contributed by atoms with van der Waals surface area (Å²) in [6, 6.07) is 5.23. The van der Waals surface area contributed by atoms with E-state index in [1.54, 1.807) is 18.2 Å². The van der Waals surface area contributed by atoms with Crippen LogP contribution in [0.15, 0.2) is 22.7 Å². The maximum atomic E-state index is 12.5. The molecule has 108 valence electrons. The predicted molar refractivity (Wildman–Crippen MR) is 89.2 cm³/mol. The number of carbonyl (C=O) groups excluding carboxylic acids is 1. The molecule has 0 spiro atoms. The molecule has 1 heterocycles. The minimum atomic E-state index is -0.141. The van der Waals surface area contributed by atoms with Crippen LogP contribution in [0.5, 0.6) is 0 Å². The van der Waals surface area contributed by atoms with Crippen LogP contribution >= 0.6 is 39.7 Å². The van der Waals surface area contributed by atoms with Gasteiger partial charge in [-0.3, -0.25) is 4.79 Å². The van der Waals surface area contributed by atoms with Crippen LogP contribution in [0.4, 0.5) is 0 Å². The Labute approximate surface area is 137 Å². The van der Waals surface area contributed by atoms with Gasteiger partial charge in [0.25, 0.3) is 5.91 Å².